The lowest BCUT2D eigenvalue weighted by Crippen LogP contribution is -2.24. The second kappa shape index (κ2) is 5.77. The van der Waals surface area contributed by atoms with Gasteiger partial charge in [0, 0.05) is 18.0 Å². The Bertz CT molecular complexity index is 423. The third-order valence-electron chi connectivity index (χ3n) is 2.72. The van der Waals surface area contributed by atoms with Crippen molar-refractivity contribution >= 4 is 28.8 Å². The van der Waals surface area contributed by atoms with Crippen LogP contribution in [0.2, 0.25) is 0 Å². The number of nitrogens with two attached hydrogens (primary N) is 1. The number of hydrogen-bond donors (Lipinski definition) is 2. The van der Waals surface area contributed by atoms with Crippen LogP contribution in [0.5, 0.6) is 0 Å². The van der Waals surface area contributed by atoms with Crippen LogP contribution in [0.15, 0.2) is 18.2 Å². The van der Waals surface area contributed by atoms with E-state index >= 15 is 0 Å². The molecule has 0 saturated carbocycles. The maximum atomic E-state index is 11.8. The number of thiocarbonyl (C=S) groups is 1. The van der Waals surface area contributed by atoms with Crippen LogP contribution in [0.4, 0.5) is 5.69 Å². The van der Waals surface area contributed by atoms with E-state index in [1.807, 2.05) is 39.0 Å². The summed E-state index contributed by atoms with van der Waals surface area (Å²) < 4.78 is 0. The Balaban J connectivity index is 2.72. The fourth-order valence-electron chi connectivity index (χ4n) is 1.58. The van der Waals surface area contributed by atoms with Gasteiger partial charge in [-0.1, -0.05) is 37.3 Å². The summed E-state index contributed by atoms with van der Waals surface area (Å²) in [6, 6.07) is 5.91. The van der Waals surface area contributed by atoms with E-state index in [0.717, 1.165) is 16.8 Å². The topological polar surface area (TPSA) is 55.1 Å². The van der Waals surface area contributed by atoms with Crippen LogP contribution in [0.3, 0.4) is 0 Å². The Morgan fingerprint density at radius 3 is 2.41 bits per heavy atom. The number of rotatable bonds is 4. The van der Waals surface area contributed by atoms with E-state index in [-0.39, 0.29) is 11.8 Å². The number of amides is 1. The lowest BCUT2D eigenvalue weighted by molar-refractivity contribution is -0.116. The molecule has 0 aliphatic carbocycles. The first kappa shape index (κ1) is 13.6. The van der Waals surface area contributed by atoms with Gasteiger partial charge in [-0.25, -0.2) is 0 Å². The molecule has 1 aromatic carbocycles. The molecular formula is C13H18N2OS. The van der Waals surface area contributed by atoms with E-state index in [1.54, 1.807) is 0 Å². The zero-order valence-electron chi connectivity index (χ0n) is 10.4. The van der Waals surface area contributed by atoms with Crippen molar-refractivity contribution in [2.45, 2.75) is 27.2 Å². The molecule has 3 N–H and O–H groups in total. The molecule has 92 valence electrons. The molecule has 0 spiro atoms. The molecule has 1 amide bonds. The van der Waals surface area contributed by atoms with Gasteiger partial charge in [0.2, 0.25) is 5.91 Å². The standard InChI is InChI=1S/C13H18N2OS/c1-8-5-4-6-9(2)12(8)15-11(16)7-10(3)13(14)17/h4-6,10H,7H2,1-3H3,(H2,14,17)(H,15,16). The molecule has 1 aromatic rings. The third-order valence-corrected chi connectivity index (χ3v) is 3.13. The first-order valence-corrected chi connectivity index (χ1v) is 5.98. The average Bonchev–Trinajstić information content (AvgIpc) is 2.23. The number of benzene rings is 1. The van der Waals surface area contributed by atoms with Crippen molar-refractivity contribution < 1.29 is 4.79 Å². The fourth-order valence-corrected chi connectivity index (χ4v) is 1.66. The van der Waals surface area contributed by atoms with Gasteiger partial charge in [0.1, 0.15) is 0 Å². The summed E-state index contributed by atoms with van der Waals surface area (Å²) in [6.45, 7) is 5.80. The van der Waals surface area contributed by atoms with Gasteiger partial charge in [0.15, 0.2) is 0 Å². The first-order valence-electron chi connectivity index (χ1n) is 5.57. The normalized spacial score (nSPS) is 11.9. The van der Waals surface area contributed by atoms with Gasteiger partial charge < -0.3 is 11.1 Å². The first-order chi connectivity index (χ1) is 7.91. The fraction of sp³-hybridized carbons (Fsp3) is 0.385. The molecule has 0 bridgehead atoms. The summed E-state index contributed by atoms with van der Waals surface area (Å²) >= 11 is 4.85. The van der Waals surface area contributed by atoms with Gasteiger partial charge in [-0.2, -0.15) is 0 Å². The van der Waals surface area contributed by atoms with Crippen LogP contribution < -0.4 is 11.1 Å². The summed E-state index contributed by atoms with van der Waals surface area (Å²) in [5.74, 6) is -0.128. The Labute approximate surface area is 107 Å². The Hall–Kier alpha value is -1.42. The van der Waals surface area contributed by atoms with Gasteiger partial charge in [0.05, 0.1) is 4.99 Å². The van der Waals surface area contributed by atoms with Crippen molar-refractivity contribution in [3.63, 3.8) is 0 Å². The number of carbonyl (C=O) groups excluding carboxylic acids is 1. The van der Waals surface area contributed by atoms with Crippen molar-refractivity contribution in [1.82, 2.24) is 0 Å². The molecule has 1 unspecified atom stereocenters. The molecule has 0 aromatic heterocycles. The van der Waals surface area contributed by atoms with Crippen LogP contribution in [-0.2, 0) is 4.79 Å². The van der Waals surface area contributed by atoms with E-state index in [9.17, 15) is 4.79 Å². The van der Waals surface area contributed by atoms with E-state index in [0.29, 0.717) is 11.4 Å². The molecule has 1 rings (SSSR count). The molecule has 1 atom stereocenters. The molecule has 17 heavy (non-hydrogen) atoms. The largest absolute Gasteiger partial charge is 0.393 e. The molecule has 0 aliphatic heterocycles. The maximum absolute atomic E-state index is 11.8. The summed E-state index contributed by atoms with van der Waals surface area (Å²) in [4.78, 5) is 12.2. The van der Waals surface area contributed by atoms with Crippen molar-refractivity contribution in [2.24, 2.45) is 11.7 Å². The van der Waals surface area contributed by atoms with Crippen LogP contribution in [0.1, 0.15) is 24.5 Å². The van der Waals surface area contributed by atoms with Crippen LogP contribution >= 0.6 is 12.2 Å². The predicted octanol–water partition coefficient (Wildman–Crippen LogP) is 2.55. The van der Waals surface area contributed by atoms with Gasteiger partial charge in [-0.05, 0) is 25.0 Å². The van der Waals surface area contributed by atoms with Gasteiger partial charge in [-0.15, -0.1) is 0 Å². The highest BCUT2D eigenvalue weighted by Crippen LogP contribution is 2.20. The second-order valence-electron chi connectivity index (χ2n) is 4.32. The molecule has 4 heteroatoms. The number of hydrogen-bond acceptors (Lipinski definition) is 2. The summed E-state index contributed by atoms with van der Waals surface area (Å²) in [5, 5.41) is 2.91. The number of carbonyl (C=O) groups is 1. The zero-order chi connectivity index (χ0) is 13.0. The Kier molecular flexibility index (Phi) is 4.63. The molecule has 0 aliphatic rings. The SMILES string of the molecule is Cc1cccc(C)c1NC(=O)CC(C)C(N)=S. The van der Waals surface area contributed by atoms with Crippen molar-refractivity contribution in [3.8, 4) is 0 Å². The van der Waals surface area contributed by atoms with E-state index < -0.39 is 0 Å². The summed E-state index contributed by atoms with van der Waals surface area (Å²) in [7, 11) is 0. The van der Waals surface area contributed by atoms with E-state index in [2.05, 4.69) is 5.32 Å². The quantitative estimate of drug-likeness (QED) is 0.807. The zero-order valence-corrected chi connectivity index (χ0v) is 11.2. The lowest BCUT2D eigenvalue weighted by atomic mass is 10.1. The highest BCUT2D eigenvalue weighted by atomic mass is 32.1. The minimum absolute atomic E-state index is 0.0531. The minimum atomic E-state index is -0.0747. The molecule has 3 nitrogen and oxygen atoms in total. The minimum Gasteiger partial charge on any atom is -0.393 e. The third kappa shape index (κ3) is 3.82. The van der Waals surface area contributed by atoms with Crippen molar-refractivity contribution in [3.05, 3.63) is 29.3 Å². The molecule has 0 fully saturated rings. The van der Waals surface area contributed by atoms with Gasteiger partial charge >= 0.3 is 0 Å². The molecule has 0 radical (unpaired) electrons. The van der Waals surface area contributed by atoms with Crippen molar-refractivity contribution in [2.75, 3.05) is 5.32 Å². The molecule has 0 heterocycles. The van der Waals surface area contributed by atoms with Crippen LogP contribution in [-0.4, -0.2) is 10.9 Å². The highest BCUT2D eigenvalue weighted by molar-refractivity contribution is 7.80. The van der Waals surface area contributed by atoms with E-state index in [1.165, 1.54) is 0 Å². The van der Waals surface area contributed by atoms with Gasteiger partial charge in [-0.3, -0.25) is 4.79 Å². The Morgan fingerprint density at radius 1 is 1.41 bits per heavy atom. The monoisotopic (exact) mass is 250 g/mol. The molecule has 0 saturated heterocycles. The lowest BCUT2D eigenvalue weighted by Gasteiger charge is -2.13. The van der Waals surface area contributed by atoms with E-state index in [4.69, 9.17) is 18.0 Å². The van der Waals surface area contributed by atoms with Gasteiger partial charge in [0.25, 0.3) is 0 Å². The average molecular weight is 250 g/mol. The predicted molar refractivity (Wildman–Crippen MR) is 75.1 cm³/mol. The number of para-hydroxylation sites is 1. The molecular weight excluding hydrogens is 232 g/mol. The second-order valence-corrected chi connectivity index (χ2v) is 4.79. The smallest absolute Gasteiger partial charge is 0.225 e. The summed E-state index contributed by atoms with van der Waals surface area (Å²) in [6.07, 6.45) is 0.323. The Morgan fingerprint density at radius 2 is 1.94 bits per heavy atom. The number of nitrogens with one attached hydrogen (secondary N) is 1. The highest BCUT2D eigenvalue weighted by Gasteiger charge is 2.13. The number of aryl methyl sites for hydroxylation is 2. The maximum Gasteiger partial charge on any atom is 0.225 e. The van der Waals surface area contributed by atoms with Crippen LogP contribution in [0.25, 0.3) is 0 Å². The summed E-state index contributed by atoms with van der Waals surface area (Å²) in [5.41, 5.74) is 8.48. The van der Waals surface area contributed by atoms with Crippen molar-refractivity contribution in [1.29, 1.82) is 0 Å². The number of anilines is 1. The van der Waals surface area contributed by atoms with Crippen LogP contribution in [0, 0.1) is 19.8 Å².